The molecule has 1 aliphatic carbocycles. The van der Waals surface area contributed by atoms with E-state index < -0.39 is 11.3 Å². The van der Waals surface area contributed by atoms with Crippen molar-refractivity contribution in [2.75, 3.05) is 5.32 Å². The van der Waals surface area contributed by atoms with Gasteiger partial charge in [-0.25, -0.2) is 0 Å². The first kappa shape index (κ1) is 11.6. The van der Waals surface area contributed by atoms with Crippen molar-refractivity contribution in [1.82, 2.24) is 0 Å². The molecule has 1 aliphatic rings. The number of benzene rings is 1. The molecule has 2 amide bonds. The monoisotopic (exact) mass is 232 g/mol. The van der Waals surface area contributed by atoms with E-state index in [1.165, 1.54) is 5.56 Å². The maximum absolute atomic E-state index is 11.9. The van der Waals surface area contributed by atoms with Crippen LogP contribution in [0, 0.1) is 5.41 Å². The quantitative estimate of drug-likeness (QED) is 0.771. The number of anilines is 1. The van der Waals surface area contributed by atoms with Gasteiger partial charge in [-0.05, 0) is 37.0 Å². The van der Waals surface area contributed by atoms with Gasteiger partial charge in [-0.2, -0.15) is 0 Å². The number of carbonyl (C=O) groups excluding carboxylic acids is 2. The number of aryl methyl sites for hydroxylation is 1. The van der Waals surface area contributed by atoms with Crippen LogP contribution in [0.1, 0.15) is 25.3 Å². The molecule has 1 fully saturated rings. The first-order chi connectivity index (χ1) is 8.08. The lowest BCUT2D eigenvalue weighted by atomic mass is 10.1. The minimum absolute atomic E-state index is 0.283. The number of amides is 2. The van der Waals surface area contributed by atoms with Crippen molar-refractivity contribution in [3.8, 4) is 0 Å². The first-order valence-corrected chi connectivity index (χ1v) is 5.79. The summed E-state index contributed by atoms with van der Waals surface area (Å²) in [6, 6.07) is 7.60. The van der Waals surface area contributed by atoms with Crippen LogP contribution in [0.5, 0.6) is 0 Å². The summed E-state index contributed by atoms with van der Waals surface area (Å²) >= 11 is 0. The number of primary amides is 1. The van der Waals surface area contributed by atoms with E-state index >= 15 is 0 Å². The largest absolute Gasteiger partial charge is 0.369 e. The number of hydrogen-bond donors (Lipinski definition) is 2. The van der Waals surface area contributed by atoms with Crippen molar-refractivity contribution < 1.29 is 9.59 Å². The highest BCUT2D eigenvalue weighted by atomic mass is 16.2. The van der Waals surface area contributed by atoms with Gasteiger partial charge >= 0.3 is 0 Å². The topological polar surface area (TPSA) is 72.2 Å². The summed E-state index contributed by atoms with van der Waals surface area (Å²) in [6.07, 6.45) is 2.07. The lowest BCUT2D eigenvalue weighted by Gasteiger charge is -2.11. The van der Waals surface area contributed by atoms with Crippen molar-refractivity contribution in [3.63, 3.8) is 0 Å². The lowest BCUT2D eigenvalue weighted by molar-refractivity contribution is -0.132. The van der Waals surface area contributed by atoms with Crippen LogP contribution in [-0.4, -0.2) is 11.8 Å². The summed E-state index contributed by atoms with van der Waals surface area (Å²) in [5.74, 6) is -0.811. The molecule has 1 aromatic rings. The highest BCUT2D eigenvalue weighted by Crippen LogP contribution is 2.46. The zero-order chi connectivity index (χ0) is 12.5. The second-order valence-electron chi connectivity index (χ2n) is 4.45. The summed E-state index contributed by atoms with van der Waals surface area (Å²) in [6.45, 7) is 2.07. The van der Waals surface area contributed by atoms with Gasteiger partial charge < -0.3 is 11.1 Å². The third kappa shape index (κ3) is 2.16. The summed E-state index contributed by atoms with van der Waals surface area (Å²) < 4.78 is 0. The highest BCUT2D eigenvalue weighted by molar-refractivity contribution is 6.12. The fourth-order valence-electron chi connectivity index (χ4n) is 1.78. The fourth-order valence-corrected chi connectivity index (χ4v) is 1.78. The van der Waals surface area contributed by atoms with Gasteiger partial charge in [0.1, 0.15) is 5.41 Å². The predicted molar refractivity (Wildman–Crippen MR) is 65.3 cm³/mol. The second kappa shape index (κ2) is 4.20. The van der Waals surface area contributed by atoms with Gasteiger partial charge in [0.25, 0.3) is 0 Å². The predicted octanol–water partition coefficient (Wildman–Crippen LogP) is 1.45. The van der Waals surface area contributed by atoms with E-state index in [2.05, 4.69) is 12.2 Å². The van der Waals surface area contributed by atoms with Gasteiger partial charge in [0.15, 0.2) is 0 Å². The van der Waals surface area contributed by atoms with Gasteiger partial charge in [0.05, 0.1) is 0 Å². The van der Waals surface area contributed by atoms with E-state index in [9.17, 15) is 9.59 Å². The number of nitrogens with one attached hydrogen (secondary N) is 1. The molecule has 4 nitrogen and oxygen atoms in total. The molecule has 90 valence electrons. The maximum atomic E-state index is 11.9. The van der Waals surface area contributed by atoms with Crippen LogP contribution in [0.2, 0.25) is 0 Å². The van der Waals surface area contributed by atoms with E-state index in [0.29, 0.717) is 18.5 Å². The van der Waals surface area contributed by atoms with E-state index in [1.807, 2.05) is 24.3 Å². The first-order valence-electron chi connectivity index (χ1n) is 5.79. The minimum Gasteiger partial charge on any atom is -0.369 e. The fraction of sp³-hybridized carbons (Fsp3) is 0.385. The summed E-state index contributed by atoms with van der Waals surface area (Å²) in [7, 11) is 0. The zero-order valence-electron chi connectivity index (χ0n) is 9.82. The van der Waals surface area contributed by atoms with Crippen molar-refractivity contribution in [3.05, 3.63) is 29.8 Å². The van der Waals surface area contributed by atoms with Crippen molar-refractivity contribution >= 4 is 17.5 Å². The molecule has 0 bridgehead atoms. The Bertz CT molecular complexity index is 447. The van der Waals surface area contributed by atoms with E-state index in [1.54, 1.807) is 0 Å². The molecule has 0 aromatic heterocycles. The van der Waals surface area contributed by atoms with Crippen LogP contribution in [0.15, 0.2) is 24.3 Å². The molecule has 0 spiro atoms. The van der Waals surface area contributed by atoms with Crippen molar-refractivity contribution in [2.24, 2.45) is 11.1 Å². The van der Waals surface area contributed by atoms with Crippen LogP contribution in [-0.2, 0) is 16.0 Å². The standard InChI is InChI=1S/C13H16N2O2/c1-2-9-3-5-10(6-4-9)15-12(17)13(7-8-13)11(14)16/h3-6H,2,7-8H2,1H3,(H2,14,16)(H,15,17). The number of rotatable bonds is 4. The third-order valence-corrected chi connectivity index (χ3v) is 3.28. The molecule has 0 aliphatic heterocycles. The van der Waals surface area contributed by atoms with Crippen LogP contribution in [0.25, 0.3) is 0 Å². The second-order valence-corrected chi connectivity index (χ2v) is 4.45. The molecular weight excluding hydrogens is 216 g/mol. The summed E-state index contributed by atoms with van der Waals surface area (Å²) in [5, 5.41) is 2.74. The summed E-state index contributed by atoms with van der Waals surface area (Å²) in [5.41, 5.74) is 6.19. The molecule has 0 unspecified atom stereocenters. The van der Waals surface area contributed by atoms with E-state index in [-0.39, 0.29) is 5.91 Å². The Morgan fingerprint density at radius 1 is 1.29 bits per heavy atom. The molecule has 1 saturated carbocycles. The van der Waals surface area contributed by atoms with Crippen LogP contribution < -0.4 is 11.1 Å². The van der Waals surface area contributed by atoms with Crippen LogP contribution >= 0.6 is 0 Å². The number of nitrogens with two attached hydrogens (primary N) is 1. The zero-order valence-corrected chi connectivity index (χ0v) is 9.82. The van der Waals surface area contributed by atoms with E-state index in [4.69, 9.17) is 5.73 Å². The normalized spacial score (nSPS) is 16.3. The number of hydrogen-bond acceptors (Lipinski definition) is 2. The Balaban J connectivity index is 2.06. The van der Waals surface area contributed by atoms with Gasteiger partial charge in [-0.15, -0.1) is 0 Å². The molecule has 17 heavy (non-hydrogen) atoms. The SMILES string of the molecule is CCc1ccc(NC(=O)C2(C(N)=O)CC2)cc1. The van der Waals surface area contributed by atoms with Gasteiger partial charge in [-0.3, -0.25) is 9.59 Å². The van der Waals surface area contributed by atoms with Gasteiger partial charge in [0.2, 0.25) is 11.8 Å². The molecule has 0 radical (unpaired) electrons. The Morgan fingerprint density at radius 3 is 2.29 bits per heavy atom. The average Bonchev–Trinajstić information content (AvgIpc) is 3.11. The number of carbonyl (C=O) groups is 2. The van der Waals surface area contributed by atoms with Crippen LogP contribution in [0.3, 0.4) is 0 Å². The summed E-state index contributed by atoms with van der Waals surface area (Å²) in [4.78, 5) is 23.1. The van der Waals surface area contributed by atoms with Crippen molar-refractivity contribution in [2.45, 2.75) is 26.2 Å². The molecule has 0 heterocycles. The Hall–Kier alpha value is -1.84. The van der Waals surface area contributed by atoms with Crippen molar-refractivity contribution in [1.29, 1.82) is 0 Å². The molecule has 1 aromatic carbocycles. The lowest BCUT2D eigenvalue weighted by Crippen LogP contribution is -2.36. The smallest absolute Gasteiger partial charge is 0.240 e. The third-order valence-electron chi connectivity index (χ3n) is 3.28. The molecule has 4 heteroatoms. The maximum Gasteiger partial charge on any atom is 0.240 e. The van der Waals surface area contributed by atoms with Gasteiger partial charge in [-0.1, -0.05) is 19.1 Å². The molecule has 2 rings (SSSR count). The molecule has 3 N–H and O–H groups in total. The molecule has 0 atom stereocenters. The van der Waals surface area contributed by atoms with Gasteiger partial charge in [0, 0.05) is 5.69 Å². The highest BCUT2D eigenvalue weighted by Gasteiger charge is 2.55. The molecule has 0 saturated heterocycles. The minimum atomic E-state index is -0.955. The van der Waals surface area contributed by atoms with Crippen LogP contribution in [0.4, 0.5) is 5.69 Å². The van der Waals surface area contributed by atoms with E-state index in [0.717, 1.165) is 6.42 Å². The molecular formula is C13H16N2O2. The Labute approximate surface area is 100 Å². The average molecular weight is 232 g/mol. The Kier molecular flexibility index (Phi) is 2.88. The Morgan fingerprint density at radius 2 is 1.88 bits per heavy atom.